The molecule has 368 valence electrons. The van der Waals surface area contributed by atoms with Gasteiger partial charge in [0.2, 0.25) is 0 Å². The summed E-state index contributed by atoms with van der Waals surface area (Å²) in [5.74, 6) is 3.33. The average Bonchev–Trinajstić information content (AvgIpc) is 3.28. The molecule has 0 amide bonds. The van der Waals surface area contributed by atoms with Crippen LogP contribution in [0.4, 0.5) is 0 Å². The highest BCUT2D eigenvalue weighted by molar-refractivity contribution is 9.12. The number of benzene rings is 4. The van der Waals surface area contributed by atoms with Crippen molar-refractivity contribution in [3.8, 4) is 23.0 Å². The maximum Gasteiger partial charge on any atom is 0.148 e. The molecule has 0 N–H and O–H groups in total. The van der Waals surface area contributed by atoms with E-state index in [9.17, 15) is 0 Å². The number of hydrogen-bond acceptors (Lipinski definition) is 4. The van der Waals surface area contributed by atoms with Gasteiger partial charge in [0.05, 0.1) is 49.0 Å². The highest BCUT2D eigenvalue weighted by Gasteiger charge is 2.34. The van der Waals surface area contributed by atoms with E-state index in [2.05, 4.69) is 245 Å². The van der Waals surface area contributed by atoms with E-state index in [1.807, 2.05) is 12.2 Å². The minimum atomic E-state index is -0.316. The summed E-state index contributed by atoms with van der Waals surface area (Å²) in [7, 11) is 0. The van der Waals surface area contributed by atoms with Crippen molar-refractivity contribution in [2.24, 2.45) is 0 Å². The van der Waals surface area contributed by atoms with Crippen molar-refractivity contribution in [2.75, 3.05) is 13.2 Å². The molecule has 0 aliphatic heterocycles. The Bertz CT molecular complexity index is 2200. The minimum absolute atomic E-state index is 0.226. The Kier molecular flexibility index (Phi) is 23.7. The summed E-state index contributed by atoms with van der Waals surface area (Å²) in [6.45, 7) is 26.8. The number of rotatable bonds is 28. The SMILES string of the molecule is C=CCCCOc1c(Br)cc(C(C)(C)c2cc(Br)c(OC(CC)(CC)CCCCCOc3c(Br)cc(C(C)(C)c4cc(Br)c(OC(CC)(CC)CCCC=C)c(Br)c4)cc3Br)c(Br)c2)cc1Br. The van der Waals surface area contributed by atoms with Crippen molar-refractivity contribution in [3.05, 3.63) is 132 Å². The first kappa shape index (κ1) is 59.0. The van der Waals surface area contributed by atoms with Gasteiger partial charge >= 0.3 is 0 Å². The number of hydrogen-bond donors (Lipinski definition) is 0. The molecule has 4 aromatic carbocycles. The fraction of sp³-hybridized carbons (Fsp3) is 0.491. The third-order valence-electron chi connectivity index (χ3n) is 13.5. The average molecular weight is 1430 g/mol. The molecule has 0 radical (unpaired) electrons. The number of unbranched alkanes of at least 4 members (excludes halogenated alkanes) is 4. The zero-order chi connectivity index (χ0) is 49.7. The van der Waals surface area contributed by atoms with Gasteiger partial charge in [0.15, 0.2) is 0 Å². The second-order valence-corrected chi connectivity index (χ2v) is 25.3. The standard InChI is InChI=1S/C55H68Br8O4/c1-11-17-20-24-54(13-3,14-4)66-50-44(60)32-38(33-45(50)61)53(9,10)37-30-42(58)49(43(59)31-37)65-27-23-19-21-25-55(15-5,16-6)67-51-46(62)34-39(35-47(51)63)52(7,8)36-28-40(56)48(41(57)29-36)64-26-22-18-12-2/h11-12,28-35H,1-2,13-27H2,3-10H3. The van der Waals surface area contributed by atoms with E-state index in [0.717, 1.165) is 165 Å². The molecule has 0 aliphatic carbocycles. The van der Waals surface area contributed by atoms with Crippen molar-refractivity contribution in [2.45, 2.75) is 161 Å². The van der Waals surface area contributed by atoms with E-state index < -0.39 is 0 Å². The molecule has 12 heteroatoms. The summed E-state index contributed by atoms with van der Waals surface area (Å²) >= 11 is 30.9. The second kappa shape index (κ2) is 26.9. The number of allylic oxidation sites excluding steroid dienone is 2. The second-order valence-electron chi connectivity index (χ2n) is 18.4. The Labute approximate surface area is 470 Å². The van der Waals surface area contributed by atoms with E-state index in [1.54, 1.807) is 0 Å². The minimum Gasteiger partial charge on any atom is -0.491 e. The Morgan fingerprint density at radius 2 is 0.687 bits per heavy atom. The first-order valence-corrected chi connectivity index (χ1v) is 29.9. The predicted molar refractivity (Wildman–Crippen MR) is 312 cm³/mol. The number of halogens is 8. The quantitative estimate of drug-likeness (QED) is 0.0419. The first-order valence-electron chi connectivity index (χ1n) is 23.5. The third kappa shape index (κ3) is 15.2. The highest BCUT2D eigenvalue weighted by atomic mass is 79.9. The number of ether oxygens (including phenoxy) is 4. The Hall–Kier alpha value is -0.600. The van der Waals surface area contributed by atoms with Crippen LogP contribution in [0.3, 0.4) is 0 Å². The maximum absolute atomic E-state index is 7.00. The van der Waals surface area contributed by atoms with Gasteiger partial charge in [0, 0.05) is 10.8 Å². The molecule has 4 rings (SSSR count). The summed E-state index contributed by atoms with van der Waals surface area (Å²) < 4.78 is 33.8. The fourth-order valence-corrected chi connectivity index (χ4v) is 13.9. The van der Waals surface area contributed by atoms with Crippen LogP contribution >= 0.6 is 127 Å². The van der Waals surface area contributed by atoms with Crippen LogP contribution in [0.25, 0.3) is 0 Å². The van der Waals surface area contributed by atoms with Gasteiger partial charge < -0.3 is 18.9 Å². The molecule has 4 nitrogen and oxygen atoms in total. The molecular formula is C55H68Br8O4. The summed E-state index contributed by atoms with van der Waals surface area (Å²) in [5, 5.41) is 0. The zero-order valence-corrected chi connectivity index (χ0v) is 53.1. The molecule has 0 unspecified atom stereocenters. The Morgan fingerprint density at radius 1 is 0.403 bits per heavy atom. The summed E-state index contributed by atoms with van der Waals surface area (Å²) in [4.78, 5) is 0. The molecule has 0 fully saturated rings. The van der Waals surface area contributed by atoms with E-state index in [-0.39, 0.29) is 22.0 Å². The molecule has 0 aliphatic rings. The normalized spacial score (nSPS) is 12.3. The van der Waals surface area contributed by atoms with Crippen LogP contribution in [-0.2, 0) is 10.8 Å². The van der Waals surface area contributed by atoms with Gasteiger partial charge in [-0.2, -0.15) is 0 Å². The topological polar surface area (TPSA) is 36.9 Å². The van der Waals surface area contributed by atoms with Crippen LogP contribution in [0.5, 0.6) is 23.0 Å². The van der Waals surface area contributed by atoms with Gasteiger partial charge in [-0.15, -0.1) is 13.2 Å². The van der Waals surface area contributed by atoms with Crippen LogP contribution in [-0.4, -0.2) is 24.4 Å². The van der Waals surface area contributed by atoms with Gasteiger partial charge in [0.1, 0.15) is 34.2 Å². The van der Waals surface area contributed by atoms with Gasteiger partial charge in [-0.3, -0.25) is 0 Å². The van der Waals surface area contributed by atoms with Gasteiger partial charge in [-0.1, -0.05) is 67.5 Å². The van der Waals surface area contributed by atoms with E-state index in [0.29, 0.717) is 13.2 Å². The smallest absolute Gasteiger partial charge is 0.148 e. The molecule has 0 spiro atoms. The largest absolute Gasteiger partial charge is 0.491 e. The van der Waals surface area contributed by atoms with Gasteiger partial charge in [0.25, 0.3) is 0 Å². The third-order valence-corrected chi connectivity index (χ3v) is 18.2. The van der Waals surface area contributed by atoms with Crippen molar-refractivity contribution >= 4 is 127 Å². The molecule has 0 saturated carbocycles. The molecule has 0 heterocycles. The van der Waals surface area contributed by atoms with Crippen molar-refractivity contribution in [1.29, 1.82) is 0 Å². The molecule has 0 bridgehead atoms. The molecule has 4 aromatic rings. The zero-order valence-electron chi connectivity index (χ0n) is 40.5. The monoisotopic (exact) mass is 1420 g/mol. The molecule has 67 heavy (non-hydrogen) atoms. The summed E-state index contributed by atoms with van der Waals surface area (Å²) in [5.41, 5.74) is 3.49. The lowest BCUT2D eigenvalue weighted by Crippen LogP contribution is -2.35. The molecule has 0 atom stereocenters. The van der Waals surface area contributed by atoms with Crippen molar-refractivity contribution in [1.82, 2.24) is 0 Å². The molecule has 0 aromatic heterocycles. The van der Waals surface area contributed by atoms with Crippen LogP contribution in [0.2, 0.25) is 0 Å². The highest BCUT2D eigenvalue weighted by Crippen LogP contribution is 2.48. The van der Waals surface area contributed by atoms with Gasteiger partial charge in [-0.25, -0.2) is 0 Å². The molecular weight excluding hydrogens is 1360 g/mol. The van der Waals surface area contributed by atoms with E-state index >= 15 is 0 Å². The maximum atomic E-state index is 7.00. The lowest BCUT2D eigenvalue weighted by molar-refractivity contribution is 0.0463. The van der Waals surface area contributed by atoms with E-state index in [1.165, 1.54) is 0 Å². The predicted octanol–water partition coefficient (Wildman–Crippen LogP) is 21.7. The van der Waals surface area contributed by atoms with Crippen LogP contribution in [0.1, 0.15) is 161 Å². The lowest BCUT2D eigenvalue weighted by Gasteiger charge is -2.35. The van der Waals surface area contributed by atoms with Crippen molar-refractivity contribution in [3.63, 3.8) is 0 Å². The summed E-state index contributed by atoms with van der Waals surface area (Å²) in [6, 6.07) is 17.5. The van der Waals surface area contributed by atoms with Crippen LogP contribution in [0.15, 0.2) is 110 Å². The Morgan fingerprint density at radius 3 is 1.00 bits per heavy atom. The fourth-order valence-electron chi connectivity index (χ4n) is 8.39. The lowest BCUT2D eigenvalue weighted by atomic mass is 9.78. The van der Waals surface area contributed by atoms with Crippen molar-refractivity contribution < 1.29 is 18.9 Å². The van der Waals surface area contributed by atoms with Crippen LogP contribution in [0, 0.1) is 0 Å². The van der Waals surface area contributed by atoms with Gasteiger partial charge in [-0.05, 0) is 282 Å². The first-order chi connectivity index (χ1) is 31.7. The van der Waals surface area contributed by atoms with E-state index in [4.69, 9.17) is 18.9 Å². The Balaban J connectivity index is 1.38. The molecule has 0 saturated heterocycles. The van der Waals surface area contributed by atoms with Crippen LogP contribution < -0.4 is 18.9 Å². The summed E-state index contributed by atoms with van der Waals surface area (Å²) in [6.07, 6.45) is 16.4.